The lowest BCUT2D eigenvalue weighted by molar-refractivity contribution is -0.126. The minimum Gasteiger partial charge on any atom is -0.495 e. The van der Waals surface area contributed by atoms with Crippen LogP contribution in [0.4, 0.5) is 19.0 Å². The molecule has 1 aromatic carbocycles. The molecule has 3 atom stereocenters. The van der Waals surface area contributed by atoms with Gasteiger partial charge in [-0.2, -0.15) is 13.2 Å². The Bertz CT molecular complexity index is 1390. The third kappa shape index (κ3) is 7.57. The zero-order valence-corrected chi connectivity index (χ0v) is 22.7. The van der Waals surface area contributed by atoms with E-state index in [1.165, 1.54) is 12.4 Å². The van der Waals surface area contributed by atoms with Gasteiger partial charge in [0.15, 0.2) is 0 Å². The average Bonchev–Trinajstić information content (AvgIpc) is 3.29. The Labute approximate surface area is 234 Å². The minimum atomic E-state index is -4.28. The molecule has 3 N–H and O–H groups in total. The van der Waals surface area contributed by atoms with Crippen molar-refractivity contribution >= 4 is 39.8 Å². The van der Waals surface area contributed by atoms with Gasteiger partial charge in [0.1, 0.15) is 22.7 Å². The number of rotatable bonds is 8. The Morgan fingerprint density at radius 1 is 1.03 bits per heavy atom. The molecule has 0 spiro atoms. The predicted molar refractivity (Wildman–Crippen MR) is 149 cm³/mol. The van der Waals surface area contributed by atoms with Gasteiger partial charge in [0.05, 0.1) is 31.2 Å². The first-order valence-corrected chi connectivity index (χ1v) is 13.1. The van der Waals surface area contributed by atoms with Crippen molar-refractivity contribution in [2.75, 3.05) is 12.4 Å². The van der Waals surface area contributed by atoms with E-state index in [-0.39, 0.29) is 29.4 Å². The van der Waals surface area contributed by atoms with Crippen molar-refractivity contribution in [2.24, 2.45) is 0 Å². The number of thiophene rings is 1. The number of nitrogens with zero attached hydrogens (tertiary/aromatic N) is 3. The van der Waals surface area contributed by atoms with Crippen LogP contribution < -0.4 is 15.4 Å². The maximum atomic E-state index is 12.9. The second kappa shape index (κ2) is 12.5. The number of alkyl halides is 3. The first-order valence-electron chi connectivity index (χ1n) is 12.3. The summed E-state index contributed by atoms with van der Waals surface area (Å²) in [5.74, 6) is 1.20. The van der Waals surface area contributed by atoms with Crippen LogP contribution in [0.15, 0.2) is 55.1 Å². The maximum absolute atomic E-state index is 12.9. The van der Waals surface area contributed by atoms with E-state index >= 15 is 0 Å². The van der Waals surface area contributed by atoms with Crippen LogP contribution in [0, 0.1) is 0 Å². The van der Waals surface area contributed by atoms with E-state index in [0.29, 0.717) is 41.2 Å². The molecule has 1 aliphatic rings. The number of nitrogens with one attached hydrogen (secondary N) is 2. The van der Waals surface area contributed by atoms with Gasteiger partial charge in [-0.25, -0.2) is 9.97 Å². The van der Waals surface area contributed by atoms with E-state index in [2.05, 4.69) is 37.7 Å². The summed E-state index contributed by atoms with van der Waals surface area (Å²) in [5, 5.41) is 18.0. The summed E-state index contributed by atoms with van der Waals surface area (Å²) in [4.78, 5) is 13.4. The fourth-order valence-corrected chi connectivity index (χ4v) is 5.86. The normalized spacial score (nSPS) is 19.5. The quantitative estimate of drug-likeness (QED) is 0.244. The average molecular weight is 580 g/mol. The Hall–Kier alpha value is -2.99. The first-order chi connectivity index (χ1) is 18.3. The molecule has 3 heterocycles. The lowest BCUT2D eigenvalue weighted by Crippen LogP contribution is -2.43. The maximum Gasteiger partial charge on any atom is 0.393 e. The molecule has 0 radical (unpaired) electrons. The molecule has 0 amide bonds. The summed E-state index contributed by atoms with van der Waals surface area (Å²) in [6.45, 7) is 0.643. The van der Waals surface area contributed by atoms with Crippen molar-refractivity contribution in [3.63, 3.8) is 0 Å². The Kier molecular flexibility index (Phi) is 9.27. The standard InChI is InChI=1S/C27H28F3N5O2S.ClH/c1-37-22-6-18(13-31-14-22)17-4-2-16(3-5-17)12-32-19-7-20(9-21(36)8-19)35-25-24-10-23(11-27(28,29)30)38-26(24)34-15-33-25;/h2-6,10,13-15,19-21,32,36H,7-9,11-12H2,1H3,(H,33,34,35);1H/t19-,20+,21-;/m0./s1. The number of pyridine rings is 1. The number of halogens is 4. The Morgan fingerprint density at radius 2 is 1.79 bits per heavy atom. The van der Waals surface area contributed by atoms with Crippen LogP contribution in [0.1, 0.15) is 29.7 Å². The number of hydrogen-bond acceptors (Lipinski definition) is 8. The third-order valence-electron chi connectivity index (χ3n) is 6.61. The van der Waals surface area contributed by atoms with Crippen molar-refractivity contribution in [1.82, 2.24) is 20.3 Å². The van der Waals surface area contributed by atoms with E-state index in [0.717, 1.165) is 34.4 Å². The fourth-order valence-electron chi connectivity index (χ4n) is 4.84. The van der Waals surface area contributed by atoms with Gasteiger partial charge < -0.3 is 20.5 Å². The van der Waals surface area contributed by atoms with Gasteiger partial charge in [-0.15, -0.1) is 23.7 Å². The smallest absolute Gasteiger partial charge is 0.393 e. The van der Waals surface area contributed by atoms with Crippen LogP contribution in [0.25, 0.3) is 21.3 Å². The van der Waals surface area contributed by atoms with Crippen LogP contribution in [0.2, 0.25) is 0 Å². The molecule has 39 heavy (non-hydrogen) atoms. The lowest BCUT2D eigenvalue weighted by Gasteiger charge is -2.34. The number of fused-ring (bicyclic) bond motifs is 1. The SMILES string of the molecule is COc1cncc(-c2ccc(CN[C@@H]3C[C@H](O)C[C@H](Nc4ncnc5sc(CC(F)(F)F)cc45)C3)cc2)c1.Cl. The van der Waals surface area contributed by atoms with Gasteiger partial charge in [0, 0.05) is 35.3 Å². The highest BCUT2D eigenvalue weighted by atomic mass is 35.5. The van der Waals surface area contributed by atoms with E-state index in [4.69, 9.17) is 4.74 Å². The molecule has 12 heteroatoms. The molecule has 208 valence electrons. The number of aliphatic hydroxyl groups is 1. The fraction of sp³-hybridized carbons (Fsp3) is 0.370. The third-order valence-corrected chi connectivity index (χ3v) is 7.65. The summed E-state index contributed by atoms with van der Waals surface area (Å²) in [6, 6.07) is 11.6. The van der Waals surface area contributed by atoms with Crippen LogP contribution >= 0.6 is 23.7 Å². The molecule has 1 saturated carbocycles. The topological polar surface area (TPSA) is 92.2 Å². The van der Waals surface area contributed by atoms with Crippen molar-refractivity contribution in [1.29, 1.82) is 0 Å². The van der Waals surface area contributed by atoms with Crippen LogP contribution in [0.5, 0.6) is 5.75 Å². The Balaban J connectivity index is 0.00000353. The summed E-state index contributed by atoms with van der Waals surface area (Å²) in [5.41, 5.74) is 3.13. The minimum absolute atomic E-state index is 0. The summed E-state index contributed by atoms with van der Waals surface area (Å²) < 4.78 is 43.8. The van der Waals surface area contributed by atoms with Gasteiger partial charge in [-0.05, 0) is 42.5 Å². The molecule has 0 unspecified atom stereocenters. The Morgan fingerprint density at radius 3 is 2.54 bits per heavy atom. The van der Waals surface area contributed by atoms with E-state index in [9.17, 15) is 18.3 Å². The number of hydrogen-bond donors (Lipinski definition) is 3. The highest BCUT2D eigenvalue weighted by Crippen LogP contribution is 2.33. The highest BCUT2D eigenvalue weighted by Gasteiger charge is 2.30. The monoisotopic (exact) mass is 579 g/mol. The van der Waals surface area contributed by atoms with Crippen LogP contribution in [-0.4, -0.2) is 51.5 Å². The second-order valence-electron chi connectivity index (χ2n) is 9.54. The molecule has 4 aromatic rings. The molecule has 1 fully saturated rings. The molecule has 0 saturated heterocycles. The van der Waals surface area contributed by atoms with Gasteiger partial charge in [0.25, 0.3) is 0 Å². The van der Waals surface area contributed by atoms with Crippen molar-refractivity contribution in [3.8, 4) is 16.9 Å². The second-order valence-corrected chi connectivity index (χ2v) is 10.7. The van der Waals surface area contributed by atoms with Gasteiger partial charge in [-0.3, -0.25) is 4.98 Å². The van der Waals surface area contributed by atoms with Crippen molar-refractivity contribution in [3.05, 3.63) is 65.6 Å². The zero-order chi connectivity index (χ0) is 26.7. The van der Waals surface area contributed by atoms with E-state index in [1.807, 2.05) is 18.2 Å². The molecule has 5 rings (SSSR count). The summed E-state index contributed by atoms with van der Waals surface area (Å²) >= 11 is 1.03. The number of methoxy groups -OCH3 is 1. The molecule has 0 aliphatic heterocycles. The van der Waals surface area contributed by atoms with E-state index < -0.39 is 18.7 Å². The zero-order valence-electron chi connectivity index (χ0n) is 21.1. The van der Waals surface area contributed by atoms with Gasteiger partial charge in [-0.1, -0.05) is 24.3 Å². The summed E-state index contributed by atoms with van der Waals surface area (Å²) in [6.07, 6.45) is 0.967. The number of benzene rings is 1. The van der Waals surface area contributed by atoms with Crippen molar-refractivity contribution in [2.45, 2.75) is 56.6 Å². The highest BCUT2D eigenvalue weighted by molar-refractivity contribution is 7.18. The first kappa shape index (κ1) is 29.0. The number of ether oxygens (including phenoxy) is 1. The molecule has 0 bridgehead atoms. The number of aromatic nitrogens is 3. The van der Waals surface area contributed by atoms with Crippen molar-refractivity contribution < 1.29 is 23.0 Å². The predicted octanol–water partition coefficient (Wildman–Crippen LogP) is 5.77. The van der Waals surface area contributed by atoms with Gasteiger partial charge >= 0.3 is 6.18 Å². The summed E-state index contributed by atoms with van der Waals surface area (Å²) in [7, 11) is 1.61. The molecule has 7 nitrogen and oxygen atoms in total. The molecule has 1 aliphatic carbocycles. The number of aliphatic hydroxyl groups excluding tert-OH is 1. The van der Waals surface area contributed by atoms with Crippen LogP contribution in [0.3, 0.4) is 0 Å². The van der Waals surface area contributed by atoms with E-state index in [1.54, 1.807) is 19.5 Å². The molecule has 3 aromatic heterocycles. The van der Waals surface area contributed by atoms with Gasteiger partial charge in [0.2, 0.25) is 0 Å². The molecular formula is C27H29ClF3N5O2S. The van der Waals surface area contributed by atoms with Crippen LogP contribution in [-0.2, 0) is 13.0 Å². The number of anilines is 1. The largest absolute Gasteiger partial charge is 0.495 e. The lowest BCUT2D eigenvalue weighted by atomic mass is 9.88. The molecular weight excluding hydrogens is 551 g/mol.